The average molecular weight is 408 g/mol. The second-order valence-corrected chi connectivity index (χ2v) is 8.85. The van der Waals surface area contributed by atoms with Crippen LogP contribution in [0.25, 0.3) is 0 Å². The molecule has 3 heterocycles. The molecule has 6 heteroatoms. The quantitative estimate of drug-likeness (QED) is 0.762. The van der Waals surface area contributed by atoms with Gasteiger partial charge in [0.1, 0.15) is 5.82 Å². The van der Waals surface area contributed by atoms with Gasteiger partial charge in [-0.3, -0.25) is 14.7 Å². The van der Waals surface area contributed by atoms with Gasteiger partial charge in [0.2, 0.25) is 5.91 Å². The number of hydrogen-bond donors (Lipinski definition) is 0. The average Bonchev–Trinajstić information content (AvgIpc) is 2.80. The Morgan fingerprint density at radius 1 is 1.07 bits per heavy atom. The first-order chi connectivity index (χ1) is 14.6. The molecule has 1 atom stereocenters. The molecule has 0 aliphatic carbocycles. The van der Waals surface area contributed by atoms with Crippen molar-refractivity contribution in [2.75, 3.05) is 44.2 Å². The molecule has 0 N–H and O–H groups in total. The van der Waals surface area contributed by atoms with Crippen LogP contribution in [0.4, 0.5) is 5.82 Å². The number of rotatable bonds is 5. The Morgan fingerprint density at radius 3 is 2.50 bits per heavy atom. The second kappa shape index (κ2) is 9.56. The number of aromatic nitrogens is 2. The lowest BCUT2D eigenvalue weighted by atomic mass is 9.96. The third-order valence-electron chi connectivity index (χ3n) is 6.38. The highest BCUT2D eigenvalue weighted by Crippen LogP contribution is 2.23. The number of piperidine rings is 1. The molecule has 160 valence electrons. The Balaban J connectivity index is 1.27. The van der Waals surface area contributed by atoms with Crippen molar-refractivity contribution in [3.63, 3.8) is 0 Å². The Kier molecular flexibility index (Phi) is 6.62. The van der Waals surface area contributed by atoms with Crippen LogP contribution in [0.2, 0.25) is 0 Å². The van der Waals surface area contributed by atoms with Crippen LogP contribution in [0.15, 0.2) is 42.9 Å². The highest BCUT2D eigenvalue weighted by molar-refractivity contribution is 5.80. The Labute approximate surface area is 179 Å². The van der Waals surface area contributed by atoms with Crippen LogP contribution < -0.4 is 4.90 Å². The number of hydrogen-bond acceptors (Lipinski definition) is 5. The van der Waals surface area contributed by atoms with Gasteiger partial charge in [0, 0.05) is 58.2 Å². The van der Waals surface area contributed by atoms with Gasteiger partial charge in [0.05, 0.1) is 12.1 Å². The Hall–Kier alpha value is -2.47. The van der Waals surface area contributed by atoms with Gasteiger partial charge < -0.3 is 9.80 Å². The molecular weight excluding hydrogens is 374 g/mol. The fourth-order valence-corrected chi connectivity index (χ4v) is 4.49. The summed E-state index contributed by atoms with van der Waals surface area (Å²) in [6.45, 7) is 10.6. The predicted octanol–water partition coefficient (Wildman–Crippen LogP) is 3.16. The summed E-state index contributed by atoms with van der Waals surface area (Å²) in [5.41, 5.74) is 2.74. The van der Waals surface area contributed by atoms with Crippen molar-refractivity contribution in [3.05, 3.63) is 54.0 Å². The molecule has 6 nitrogen and oxygen atoms in total. The van der Waals surface area contributed by atoms with Crippen LogP contribution in [-0.2, 0) is 11.3 Å². The normalized spacial score (nSPS) is 20.6. The lowest BCUT2D eigenvalue weighted by Gasteiger charge is -2.39. The number of piperazine rings is 1. The molecule has 2 aliphatic heterocycles. The van der Waals surface area contributed by atoms with E-state index in [-0.39, 0.29) is 5.92 Å². The minimum atomic E-state index is 0.0656. The minimum absolute atomic E-state index is 0.0656. The number of nitrogens with zero attached hydrogens (tertiary/aromatic N) is 5. The largest absolute Gasteiger partial charge is 0.355 e. The highest BCUT2D eigenvalue weighted by Gasteiger charge is 2.31. The fraction of sp³-hybridized carbons (Fsp3) is 0.542. The number of anilines is 1. The van der Waals surface area contributed by atoms with Crippen LogP contribution in [0.5, 0.6) is 0 Å². The molecule has 1 aromatic heterocycles. The molecular formula is C24H33N5O. The van der Waals surface area contributed by atoms with Gasteiger partial charge in [-0.1, -0.05) is 38.1 Å². The first-order valence-corrected chi connectivity index (χ1v) is 11.2. The summed E-state index contributed by atoms with van der Waals surface area (Å²) in [4.78, 5) is 28.5. The Morgan fingerprint density at radius 2 is 1.83 bits per heavy atom. The number of carbonyl (C=O) groups excluding carboxylic acids is 1. The van der Waals surface area contributed by atoms with Crippen LogP contribution >= 0.6 is 0 Å². The second-order valence-electron chi connectivity index (χ2n) is 8.85. The van der Waals surface area contributed by atoms with E-state index in [4.69, 9.17) is 0 Å². The molecule has 2 fully saturated rings. The topological polar surface area (TPSA) is 52.6 Å². The molecule has 0 radical (unpaired) electrons. The van der Waals surface area contributed by atoms with Crippen LogP contribution in [0, 0.1) is 5.92 Å². The molecule has 2 aromatic rings. The van der Waals surface area contributed by atoms with Crippen molar-refractivity contribution in [2.45, 2.75) is 39.2 Å². The van der Waals surface area contributed by atoms with Crippen LogP contribution in [0.3, 0.4) is 0 Å². The fourth-order valence-electron chi connectivity index (χ4n) is 4.49. The summed E-state index contributed by atoms with van der Waals surface area (Å²) < 4.78 is 0. The maximum atomic E-state index is 13.1. The minimum Gasteiger partial charge on any atom is -0.355 e. The summed E-state index contributed by atoms with van der Waals surface area (Å²) in [7, 11) is 0. The molecule has 0 saturated carbocycles. The van der Waals surface area contributed by atoms with Gasteiger partial charge in [0.15, 0.2) is 0 Å². The van der Waals surface area contributed by atoms with Gasteiger partial charge >= 0.3 is 0 Å². The van der Waals surface area contributed by atoms with E-state index in [9.17, 15) is 4.79 Å². The molecule has 2 saturated heterocycles. The van der Waals surface area contributed by atoms with E-state index in [0.717, 1.165) is 64.5 Å². The van der Waals surface area contributed by atoms with E-state index in [2.05, 4.69) is 62.8 Å². The maximum absolute atomic E-state index is 13.1. The van der Waals surface area contributed by atoms with Crippen molar-refractivity contribution in [2.24, 2.45) is 5.92 Å². The van der Waals surface area contributed by atoms with Crippen molar-refractivity contribution >= 4 is 11.7 Å². The van der Waals surface area contributed by atoms with E-state index in [0.29, 0.717) is 11.8 Å². The predicted molar refractivity (Wildman–Crippen MR) is 119 cm³/mol. The summed E-state index contributed by atoms with van der Waals surface area (Å²) >= 11 is 0. The smallest absolute Gasteiger partial charge is 0.227 e. The molecule has 0 bridgehead atoms. The van der Waals surface area contributed by atoms with E-state index in [1.807, 2.05) is 0 Å². The zero-order chi connectivity index (χ0) is 20.9. The molecule has 30 heavy (non-hydrogen) atoms. The molecule has 1 unspecified atom stereocenters. The van der Waals surface area contributed by atoms with E-state index in [1.165, 1.54) is 11.1 Å². The number of benzene rings is 1. The highest BCUT2D eigenvalue weighted by atomic mass is 16.2. The van der Waals surface area contributed by atoms with Crippen molar-refractivity contribution in [3.8, 4) is 0 Å². The van der Waals surface area contributed by atoms with Crippen LogP contribution in [0.1, 0.15) is 43.7 Å². The number of carbonyl (C=O) groups is 1. The van der Waals surface area contributed by atoms with Crippen molar-refractivity contribution in [1.29, 1.82) is 0 Å². The first-order valence-electron chi connectivity index (χ1n) is 11.2. The third-order valence-corrected chi connectivity index (χ3v) is 6.38. The first kappa shape index (κ1) is 20.8. The third kappa shape index (κ3) is 4.98. The monoisotopic (exact) mass is 407 g/mol. The van der Waals surface area contributed by atoms with Gasteiger partial charge in [0.25, 0.3) is 0 Å². The molecule has 1 aromatic carbocycles. The molecule has 1 amide bonds. The lowest BCUT2D eigenvalue weighted by molar-refractivity contribution is -0.137. The van der Waals surface area contributed by atoms with Crippen molar-refractivity contribution in [1.82, 2.24) is 19.8 Å². The SMILES string of the molecule is CC(C)c1ccc(CN2CCN(C(=O)C3CCCN(c4cnccn4)C3)CC2)cc1. The van der Waals surface area contributed by atoms with Gasteiger partial charge in [-0.05, 0) is 29.9 Å². The van der Waals surface area contributed by atoms with E-state index in [1.54, 1.807) is 18.6 Å². The standard InChI is InChI=1S/C24H33N5O/c1-19(2)21-7-5-20(6-8-21)17-27-12-14-28(15-13-27)24(30)22-4-3-11-29(18-22)23-16-25-9-10-26-23/h5-10,16,19,22H,3-4,11-15,17-18H2,1-2H3. The van der Waals surface area contributed by atoms with E-state index < -0.39 is 0 Å². The van der Waals surface area contributed by atoms with Gasteiger partial charge in [-0.2, -0.15) is 0 Å². The van der Waals surface area contributed by atoms with Crippen molar-refractivity contribution < 1.29 is 4.79 Å². The molecule has 4 rings (SSSR count). The molecule has 2 aliphatic rings. The zero-order valence-electron chi connectivity index (χ0n) is 18.2. The lowest BCUT2D eigenvalue weighted by Crippen LogP contribution is -2.52. The molecule has 0 spiro atoms. The summed E-state index contributed by atoms with van der Waals surface area (Å²) in [5.74, 6) is 1.82. The zero-order valence-corrected chi connectivity index (χ0v) is 18.2. The number of amides is 1. The summed E-state index contributed by atoms with van der Waals surface area (Å²) in [5, 5.41) is 0. The van der Waals surface area contributed by atoms with Gasteiger partial charge in [-0.15, -0.1) is 0 Å². The maximum Gasteiger partial charge on any atom is 0.227 e. The van der Waals surface area contributed by atoms with E-state index >= 15 is 0 Å². The Bertz CT molecular complexity index is 815. The summed E-state index contributed by atoms with van der Waals surface area (Å²) in [6, 6.07) is 8.98. The van der Waals surface area contributed by atoms with Gasteiger partial charge in [-0.25, -0.2) is 4.98 Å². The van der Waals surface area contributed by atoms with Crippen LogP contribution in [-0.4, -0.2) is 64.9 Å². The summed E-state index contributed by atoms with van der Waals surface area (Å²) in [6.07, 6.45) is 7.20.